The Balaban J connectivity index is 1.98. The normalized spacial score (nSPS) is 21.1. The van der Waals surface area contributed by atoms with Gasteiger partial charge in [0.05, 0.1) is 13.4 Å². The summed E-state index contributed by atoms with van der Waals surface area (Å²) in [5.74, 6) is 0.454. The Hall–Kier alpha value is -1.18. The first-order chi connectivity index (χ1) is 10.8. The number of rotatable bonds is 6. The van der Waals surface area contributed by atoms with Crippen molar-refractivity contribution in [2.45, 2.75) is 25.8 Å². The zero-order chi connectivity index (χ0) is 17.0. The summed E-state index contributed by atoms with van der Waals surface area (Å²) in [5.41, 5.74) is 0.505. The predicted octanol–water partition coefficient (Wildman–Crippen LogP) is 2.16. The Bertz CT molecular complexity index is 636. The van der Waals surface area contributed by atoms with Crippen LogP contribution in [-0.2, 0) is 10.0 Å². The molecule has 2 rings (SSSR count). The van der Waals surface area contributed by atoms with Gasteiger partial charge in [-0.3, -0.25) is 0 Å². The number of halogens is 1. The monoisotopic (exact) mass is 344 g/mol. The van der Waals surface area contributed by atoms with Gasteiger partial charge in [0.25, 0.3) is 0 Å². The van der Waals surface area contributed by atoms with E-state index in [-0.39, 0.29) is 17.8 Å². The standard InChI is InChI=1S/C16H25FN2O3S/c1-12(16-14(17)7-4-8-15(16)22-2)18-10-13-6-5-9-19(11-13)23(3,20)21/h4,7-8,12-13,18H,5-6,9-11H2,1-3H3/t12-,13+/m0/s1. The van der Waals surface area contributed by atoms with Gasteiger partial charge < -0.3 is 10.1 Å². The molecule has 0 aliphatic carbocycles. The molecule has 1 aliphatic rings. The summed E-state index contributed by atoms with van der Waals surface area (Å²) >= 11 is 0. The fourth-order valence-corrected chi connectivity index (χ4v) is 4.00. The Morgan fingerprint density at radius 1 is 1.48 bits per heavy atom. The second kappa shape index (κ2) is 7.59. The zero-order valence-electron chi connectivity index (χ0n) is 13.9. The van der Waals surface area contributed by atoms with Gasteiger partial charge in [0.2, 0.25) is 10.0 Å². The van der Waals surface area contributed by atoms with Gasteiger partial charge in [-0.15, -0.1) is 0 Å². The second-order valence-electron chi connectivity index (χ2n) is 6.11. The minimum atomic E-state index is -3.14. The number of piperidine rings is 1. The topological polar surface area (TPSA) is 58.6 Å². The van der Waals surface area contributed by atoms with E-state index in [2.05, 4.69) is 5.32 Å². The van der Waals surface area contributed by atoms with E-state index in [1.807, 2.05) is 6.92 Å². The molecule has 1 aliphatic heterocycles. The lowest BCUT2D eigenvalue weighted by Crippen LogP contribution is -2.42. The molecule has 0 aromatic heterocycles. The van der Waals surface area contributed by atoms with Gasteiger partial charge in [-0.2, -0.15) is 0 Å². The van der Waals surface area contributed by atoms with Gasteiger partial charge >= 0.3 is 0 Å². The summed E-state index contributed by atoms with van der Waals surface area (Å²) in [5, 5.41) is 3.31. The van der Waals surface area contributed by atoms with E-state index in [1.165, 1.54) is 23.7 Å². The molecule has 0 spiro atoms. The molecule has 0 radical (unpaired) electrons. The van der Waals surface area contributed by atoms with E-state index in [4.69, 9.17) is 4.74 Å². The number of methoxy groups -OCH3 is 1. The van der Waals surface area contributed by atoms with Crippen molar-refractivity contribution in [2.75, 3.05) is 33.0 Å². The van der Waals surface area contributed by atoms with Gasteiger partial charge in [0.15, 0.2) is 0 Å². The van der Waals surface area contributed by atoms with E-state index in [9.17, 15) is 12.8 Å². The molecule has 1 aromatic carbocycles. The van der Waals surface area contributed by atoms with Crippen LogP contribution in [0.5, 0.6) is 5.75 Å². The maximum Gasteiger partial charge on any atom is 0.211 e. The summed E-state index contributed by atoms with van der Waals surface area (Å²) in [7, 11) is -1.62. The van der Waals surface area contributed by atoms with Crippen LogP contribution in [0.15, 0.2) is 18.2 Å². The van der Waals surface area contributed by atoms with E-state index in [0.717, 1.165) is 12.8 Å². The van der Waals surface area contributed by atoms with Crippen molar-refractivity contribution in [3.8, 4) is 5.75 Å². The van der Waals surface area contributed by atoms with Gasteiger partial charge in [-0.1, -0.05) is 6.07 Å². The number of benzene rings is 1. The second-order valence-corrected chi connectivity index (χ2v) is 8.10. The molecule has 1 saturated heterocycles. The largest absolute Gasteiger partial charge is 0.496 e. The summed E-state index contributed by atoms with van der Waals surface area (Å²) in [6.45, 7) is 3.64. The third-order valence-corrected chi connectivity index (χ3v) is 5.60. The third-order valence-electron chi connectivity index (χ3n) is 4.33. The molecule has 1 N–H and O–H groups in total. The van der Waals surface area contributed by atoms with Crippen LogP contribution in [0.4, 0.5) is 4.39 Å². The van der Waals surface area contributed by atoms with E-state index in [1.54, 1.807) is 12.1 Å². The van der Waals surface area contributed by atoms with Crippen LogP contribution >= 0.6 is 0 Å². The molecular weight excluding hydrogens is 319 g/mol. The maximum absolute atomic E-state index is 14.1. The SMILES string of the molecule is COc1cccc(F)c1[C@H](C)NC[C@H]1CCCN(S(C)(=O)=O)C1. The first kappa shape index (κ1) is 18.2. The average Bonchev–Trinajstić information content (AvgIpc) is 2.51. The van der Waals surface area contributed by atoms with Crippen molar-refractivity contribution in [2.24, 2.45) is 5.92 Å². The Labute approximate surface area is 137 Å². The first-order valence-corrected chi connectivity index (χ1v) is 9.68. The first-order valence-electron chi connectivity index (χ1n) is 7.83. The highest BCUT2D eigenvalue weighted by atomic mass is 32.2. The van der Waals surface area contributed by atoms with Crippen LogP contribution in [0, 0.1) is 11.7 Å². The Morgan fingerprint density at radius 2 is 2.22 bits per heavy atom. The van der Waals surface area contributed by atoms with Crippen LogP contribution in [0.3, 0.4) is 0 Å². The van der Waals surface area contributed by atoms with Crippen LogP contribution < -0.4 is 10.1 Å². The van der Waals surface area contributed by atoms with E-state index >= 15 is 0 Å². The number of hydrogen-bond donors (Lipinski definition) is 1. The van der Waals surface area contributed by atoms with Gasteiger partial charge in [0.1, 0.15) is 11.6 Å². The minimum Gasteiger partial charge on any atom is -0.496 e. The number of nitrogens with one attached hydrogen (secondary N) is 1. The molecule has 5 nitrogen and oxygen atoms in total. The number of sulfonamides is 1. The Kier molecular flexibility index (Phi) is 6.00. The fraction of sp³-hybridized carbons (Fsp3) is 0.625. The van der Waals surface area contributed by atoms with Crippen LogP contribution in [-0.4, -0.2) is 45.7 Å². The zero-order valence-corrected chi connectivity index (χ0v) is 14.7. The molecule has 0 saturated carbocycles. The molecule has 23 heavy (non-hydrogen) atoms. The van der Waals surface area contributed by atoms with Gasteiger partial charge in [0, 0.05) is 24.7 Å². The molecule has 1 heterocycles. The van der Waals surface area contributed by atoms with Crippen molar-refractivity contribution >= 4 is 10.0 Å². The third kappa shape index (κ3) is 4.65. The molecule has 0 amide bonds. The summed E-state index contributed by atoms with van der Waals surface area (Å²) in [4.78, 5) is 0. The van der Waals surface area contributed by atoms with Crippen molar-refractivity contribution in [3.63, 3.8) is 0 Å². The summed E-state index contributed by atoms with van der Waals surface area (Å²) in [6, 6.07) is 4.57. The highest BCUT2D eigenvalue weighted by Crippen LogP contribution is 2.28. The molecule has 0 unspecified atom stereocenters. The lowest BCUT2D eigenvalue weighted by Gasteiger charge is -2.32. The lowest BCUT2D eigenvalue weighted by molar-refractivity contribution is 0.255. The van der Waals surface area contributed by atoms with Gasteiger partial charge in [-0.25, -0.2) is 17.1 Å². The molecule has 2 atom stereocenters. The maximum atomic E-state index is 14.1. The molecule has 1 aromatic rings. The van der Waals surface area contributed by atoms with Crippen LogP contribution in [0.2, 0.25) is 0 Å². The number of nitrogens with zero attached hydrogens (tertiary/aromatic N) is 1. The summed E-state index contributed by atoms with van der Waals surface area (Å²) in [6.07, 6.45) is 3.08. The van der Waals surface area contributed by atoms with Crippen molar-refractivity contribution in [1.82, 2.24) is 9.62 Å². The highest BCUT2D eigenvalue weighted by molar-refractivity contribution is 7.88. The molecule has 130 valence electrons. The molecular formula is C16H25FN2O3S. The minimum absolute atomic E-state index is 0.209. The number of ether oxygens (including phenoxy) is 1. The van der Waals surface area contributed by atoms with Crippen LogP contribution in [0.25, 0.3) is 0 Å². The van der Waals surface area contributed by atoms with Crippen LogP contribution in [0.1, 0.15) is 31.4 Å². The molecule has 7 heteroatoms. The summed E-state index contributed by atoms with van der Waals surface area (Å²) < 4.78 is 44.1. The fourth-order valence-electron chi connectivity index (χ4n) is 3.06. The number of hydrogen-bond acceptors (Lipinski definition) is 4. The predicted molar refractivity (Wildman–Crippen MR) is 88.5 cm³/mol. The quantitative estimate of drug-likeness (QED) is 0.859. The molecule has 0 bridgehead atoms. The molecule has 1 fully saturated rings. The van der Waals surface area contributed by atoms with Crippen molar-refractivity contribution in [3.05, 3.63) is 29.6 Å². The van der Waals surface area contributed by atoms with E-state index < -0.39 is 10.0 Å². The smallest absolute Gasteiger partial charge is 0.211 e. The van der Waals surface area contributed by atoms with Crippen molar-refractivity contribution < 1.29 is 17.5 Å². The average molecular weight is 344 g/mol. The van der Waals surface area contributed by atoms with Gasteiger partial charge in [-0.05, 0) is 44.4 Å². The van der Waals surface area contributed by atoms with Crippen molar-refractivity contribution in [1.29, 1.82) is 0 Å². The van der Waals surface area contributed by atoms with E-state index in [0.29, 0.717) is 30.9 Å². The highest BCUT2D eigenvalue weighted by Gasteiger charge is 2.26. The Morgan fingerprint density at radius 3 is 2.87 bits per heavy atom. The lowest BCUT2D eigenvalue weighted by atomic mass is 9.98.